The van der Waals surface area contributed by atoms with Crippen LogP contribution < -0.4 is 0 Å². The number of esters is 1. The summed E-state index contributed by atoms with van der Waals surface area (Å²) in [4.78, 5) is 11.9. The third-order valence-electron chi connectivity index (χ3n) is 2.77. The van der Waals surface area contributed by atoms with Gasteiger partial charge in [-0.1, -0.05) is 37.3 Å². The van der Waals surface area contributed by atoms with Gasteiger partial charge in [-0.3, -0.25) is 4.79 Å². The fourth-order valence-corrected chi connectivity index (χ4v) is 1.79. The van der Waals surface area contributed by atoms with E-state index < -0.39 is 11.0 Å². The Hall–Kier alpha value is -1.35. The van der Waals surface area contributed by atoms with E-state index in [1.165, 1.54) is 0 Å². The number of ether oxygens (including phenoxy) is 1. The molecule has 0 aliphatic rings. The number of carbonyl (C=O) groups excluding carboxylic acids is 1. The molecule has 0 saturated carbocycles. The maximum atomic E-state index is 11.9. The first kappa shape index (κ1) is 14.7. The van der Waals surface area contributed by atoms with Gasteiger partial charge in [-0.25, -0.2) is 0 Å². The van der Waals surface area contributed by atoms with E-state index in [0.29, 0.717) is 0 Å². The zero-order chi connectivity index (χ0) is 13.8. The van der Waals surface area contributed by atoms with E-state index in [2.05, 4.69) is 0 Å². The second kappa shape index (κ2) is 5.53. The molecule has 1 aromatic rings. The van der Waals surface area contributed by atoms with Gasteiger partial charge in [-0.2, -0.15) is 0 Å². The van der Waals surface area contributed by atoms with E-state index in [4.69, 9.17) is 4.74 Å². The lowest BCUT2D eigenvalue weighted by molar-refractivity contribution is -0.156. The van der Waals surface area contributed by atoms with E-state index in [0.717, 1.165) is 5.56 Å². The van der Waals surface area contributed by atoms with Crippen molar-refractivity contribution in [2.45, 2.75) is 45.1 Å². The van der Waals surface area contributed by atoms with Crippen LogP contribution in [0.15, 0.2) is 30.3 Å². The van der Waals surface area contributed by atoms with Crippen molar-refractivity contribution >= 4 is 5.97 Å². The fourth-order valence-electron chi connectivity index (χ4n) is 1.79. The lowest BCUT2D eigenvalue weighted by Crippen LogP contribution is -2.33. The molecule has 100 valence electrons. The average Bonchev–Trinajstić information content (AvgIpc) is 2.27. The molecule has 1 unspecified atom stereocenters. The number of hydrogen-bond acceptors (Lipinski definition) is 3. The first-order valence-electron chi connectivity index (χ1n) is 6.15. The molecule has 1 rings (SSSR count). The molecule has 1 N–H and O–H groups in total. The zero-order valence-corrected chi connectivity index (χ0v) is 11.6. The van der Waals surface area contributed by atoms with E-state index in [1.807, 2.05) is 58.0 Å². The van der Waals surface area contributed by atoms with Crippen LogP contribution in [0.1, 0.15) is 39.7 Å². The van der Waals surface area contributed by atoms with Crippen LogP contribution in [0.4, 0.5) is 0 Å². The molecule has 0 aliphatic heterocycles. The van der Waals surface area contributed by atoms with E-state index in [1.54, 1.807) is 0 Å². The summed E-state index contributed by atoms with van der Waals surface area (Å²) in [6.45, 7) is 7.29. The molecule has 3 heteroatoms. The smallest absolute Gasteiger partial charge is 0.307 e. The monoisotopic (exact) mass is 250 g/mol. The molecule has 1 aromatic carbocycles. The maximum absolute atomic E-state index is 11.9. The molecule has 0 fully saturated rings. The molecule has 18 heavy (non-hydrogen) atoms. The van der Waals surface area contributed by atoms with Crippen LogP contribution >= 0.6 is 0 Å². The summed E-state index contributed by atoms with van der Waals surface area (Å²) in [5, 5.41) is 9.58. The Bertz CT molecular complexity index is 392. The molecule has 1 atom stereocenters. The molecule has 0 radical (unpaired) electrons. The molecule has 3 nitrogen and oxygen atoms in total. The third kappa shape index (κ3) is 4.15. The topological polar surface area (TPSA) is 46.5 Å². The summed E-state index contributed by atoms with van der Waals surface area (Å²) in [6, 6.07) is 9.55. The van der Waals surface area contributed by atoms with Crippen LogP contribution in [0.5, 0.6) is 0 Å². The van der Waals surface area contributed by atoms with Crippen molar-refractivity contribution in [1.82, 2.24) is 0 Å². The van der Waals surface area contributed by atoms with Crippen LogP contribution in [0.25, 0.3) is 0 Å². The van der Waals surface area contributed by atoms with Crippen LogP contribution in [0.3, 0.4) is 0 Å². The lowest BCUT2D eigenvalue weighted by Gasteiger charge is -2.29. The molecule has 0 spiro atoms. The van der Waals surface area contributed by atoms with Crippen LogP contribution in [0.2, 0.25) is 0 Å². The molecule has 0 aliphatic carbocycles. The number of carbonyl (C=O) groups is 1. The zero-order valence-electron chi connectivity index (χ0n) is 11.6. The highest BCUT2D eigenvalue weighted by Crippen LogP contribution is 2.28. The molecule has 0 bridgehead atoms. The number of aliphatic hydroxyl groups is 1. The number of aliphatic hydroxyl groups excluding tert-OH is 1. The van der Waals surface area contributed by atoms with Gasteiger partial charge in [0.05, 0.1) is 13.0 Å². The van der Waals surface area contributed by atoms with Gasteiger partial charge in [0.25, 0.3) is 0 Å². The Morgan fingerprint density at radius 1 is 1.17 bits per heavy atom. The van der Waals surface area contributed by atoms with E-state index in [-0.39, 0.29) is 19.0 Å². The second-order valence-electron chi connectivity index (χ2n) is 5.85. The lowest BCUT2D eigenvalue weighted by atomic mass is 9.80. The van der Waals surface area contributed by atoms with Gasteiger partial charge in [0.15, 0.2) is 0 Å². The average molecular weight is 250 g/mol. The maximum Gasteiger partial charge on any atom is 0.307 e. The minimum absolute atomic E-state index is 0.0870. The summed E-state index contributed by atoms with van der Waals surface area (Å²) in [7, 11) is 0. The van der Waals surface area contributed by atoms with Gasteiger partial charge in [0.2, 0.25) is 0 Å². The van der Waals surface area contributed by atoms with Gasteiger partial charge in [-0.15, -0.1) is 0 Å². The largest absolute Gasteiger partial charge is 0.460 e. The predicted octanol–water partition coefficient (Wildman–Crippen LogP) is 2.67. The first-order chi connectivity index (χ1) is 8.27. The van der Waals surface area contributed by atoms with Crippen molar-refractivity contribution in [3.05, 3.63) is 35.9 Å². The summed E-state index contributed by atoms with van der Waals surface area (Å²) < 4.78 is 5.31. The fraction of sp³-hybridized carbons (Fsp3) is 0.533. The number of hydrogen-bond donors (Lipinski definition) is 1. The van der Waals surface area contributed by atoms with Gasteiger partial charge in [0, 0.05) is 5.41 Å². The van der Waals surface area contributed by atoms with E-state index >= 15 is 0 Å². The van der Waals surface area contributed by atoms with Crippen LogP contribution in [-0.2, 0) is 14.9 Å². The standard InChI is InChI=1S/C15H22O3/c1-14(2,3)18-13(17)10-15(4,11-16)12-8-6-5-7-9-12/h5-9,16H,10-11H2,1-4H3. The van der Waals surface area contributed by atoms with Crippen molar-refractivity contribution in [2.75, 3.05) is 6.61 Å². The Balaban J connectivity index is 2.81. The minimum atomic E-state index is -0.594. The second-order valence-corrected chi connectivity index (χ2v) is 5.85. The molecule has 0 saturated heterocycles. The van der Waals surface area contributed by atoms with Crippen molar-refractivity contribution < 1.29 is 14.6 Å². The Morgan fingerprint density at radius 2 is 1.72 bits per heavy atom. The predicted molar refractivity (Wildman–Crippen MR) is 71.3 cm³/mol. The van der Waals surface area contributed by atoms with Gasteiger partial charge < -0.3 is 9.84 Å². The van der Waals surface area contributed by atoms with Crippen molar-refractivity contribution in [1.29, 1.82) is 0 Å². The highest BCUT2D eigenvalue weighted by atomic mass is 16.6. The van der Waals surface area contributed by atoms with Crippen LogP contribution in [-0.4, -0.2) is 23.3 Å². The highest BCUT2D eigenvalue weighted by Gasteiger charge is 2.31. The highest BCUT2D eigenvalue weighted by molar-refractivity contribution is 5.72. The first-order valence-corrected chi connectivity index (χ1v) is 6.15. The molecule has 0 amide bonds. The van der Waals surface area contributed by atoms with Crippen molar-refractivity contribution in [2.24, 2.45) is 0 Å². The molecule has 0 aromatic heterocycles. The van der Waals surface area contributed by atoms with Crippen molar-refractivity contribution in [3.63, 3.8) is 0 Å². The quantitative estimate of drug-likeness (QED) is 0.836. The minimum Gasteiger partial charge on any atom is -0.460 e. The molecule has 0 heterocycles. The Labute approximate surface area is 109 Å². The van der Waals surface area contributed by atoms with Crippen molar-refractivity contribution in [3.8, 4) is 0 Å². The van der Waals surface area contributed by atoms with Gasteiger partial charge in [0.1, 0.15) is 5.60 Å². The summed E-state index contributed by atoms with van der Waals surface area (Å²) in [5.41, 5.74) is -0.147. The van der Waals surface area contributed by atoms with E-state index in [9.17, 15) is 9.90 Å². The van der Waals surface area contributed by atoms with Gasteiger partial charge in [-0.05, 0) is 26.3 Å². The van der Waals surface area contributed by atoms with Crippen LogP contribution in [0, 0.1) is 0 Å². The SMILES string of the molecule is CC(C)(C)OC(=O)CC(C)(CO)c1ccccc1. The Morgan fingerprint density at radius 3 is 2.17 bits per heavy atom. The normalized spacial score (nSPS) is 14.9. The number of benzene rings is 1. The Kier molecular flexibility index (Phi) is 4.52. The summed E-state index contributed by atoms with van der Waals surface area (Å²) in [5.74, 6) is -0.289. The summed E-state index contributed by atoms with van der Waals surface area (Å²) >= 11 is 0. The molecular weight excluding hydrogens is 228 g/mol. The summed E-state index contributed by atoms with van der Waals surface area (Å²) in [6.07, 6.45) is 0.171. The molecular formula is C15H22O3. The third-order valence-corrected chi connectivity index (χ3v) is 2.77. The van der Waals surface area contributed by atoms with Gasteiger partial charge >= 0.3 is 5.97 Å². The number of rotatable bonds is 4.